The van der Waals surface area contributed by atoms with Gasteiger partial charge in [0.2, 0.25) is 0 Å². The third-order valence-corrected chi connectivity index (χ3v) is 6.87. The Bertz CT molecular complexity index is 1300. The number of hydrogen-bond acceptors (Lipinski definition) is 8. The van der Waals surface area contributed by atoms with Crippen LogP contribution in [0, 0.1) is 0 Å². The van der Waals surface area contributed by atoms with Crippen LogP contribution in [0.4, 0.5) is 5.82 Å². The third-order valence-electron chi connectivity index (χ3n) is 6.87. The van der Waals surface area contributed by atoms with Gasteiger partial charge in [-0.2, -0.15) is 0 Å². The number of aromatic nitrogens is 1. The summed E-state index contributed by atoms with van der Waals surface area (Å²) in [5.41, 5.74) is 1.08. The van der Waals surface area contributed by atoms with Gasteiger partial charge in [0, 0.05) is 31.3 Å². The molecule has 0 aliphatic carbocycles. The Morgan fingerprint density at radius 2 is 2.03 bits per heavy atom. The number of methoxy groups -OCH3 is 1. The molecule has 0 radical (unpaired) electrons. The lowest BCUT2D eigenvalue weighted by Gasteiger charge is -2.29. The Morgan fingerprint density at radius 3 is 2.76 bits per heavy atom. The molecule has 10 heteroatoms. The largest absolute Gasteiger partial charge is 0.497 e. The number of aliphatic hydroxyl groups excluding tert-OH is 1. The van der Waals surface area contributed by atoms with Crippen molar-refractivity contribution in [1.29, 1.82) is 0 Å². The number of carbonyl (C=O) groups excluding carboxylic acids is 2. The van der Waals surface area contributed by atoms with Crippen LogP contribution in [0.3, 0.4) is 0 Å². The van der Waals surface area contributed by atoms with Crippen LogP contribution in [0.25, 0.3) is 11.1 Å². The number of nitrogens with one attached hydrogen (secondary N) is 2. The van der Waals surface area contributed by atoms with E-state index in [1.165, 1.54) is 0 Å². The maximum absolute atomic E-state index is 13.2. The average molecular weight is 463 g/mol. The van der Waals surface area contributed by atoms with E-state index >= 15 is 0 Å². The minimum Gasteiger partial charge on any atom is -0.497 e. The maximum atomic E-state index is 13.2. The molecule has 6 rings (SSSR count). The number of fused-ring (bicyclic) bond motifs is 2. The fourth-order valence-corrected chi connectivity index (χ4v) is 5.09. The Labute approximate surface area is 195 Å². The molecule has 2 amide bonds. The molecule has 0 bridgehead atoms. The zero-order valence-electron chi connectivity index (χ0n) is 18.7. The van der Waals surface area contributed by atoms with Gasteiger partial charge in [-0.1, -0.05) is 6.07 Å². The van der Waals surface area contributed by atoms with E-state index in [-0.39, 0.29) is 12.5 Å². The number of nitrogens with zero attached hydrogens (tertiary/aromatic N) is 3. The van der Waals surface area contributed by atoms with Crippen molar-refractivity contribution < 1.29 is 23.8 Å². The fourth-order valence-electron chi connectivity index (χ4n) is 5.09. The van der Waals surface area contributed by atoms with Crippen molar-refractivity contribution in [3.63, 3.8) is 0 Å². The smallest absolute Gasteiger partial charge is 0.254 e. The average Bonchev–Trinajstić information content (AvgIpc) is 3.61. The number of benzene rings is 1. The number of amides is 2. The Balaban J connectivity index is 1.36. The normalized spacial score (nSPS) is 24.2. The van der Waals surface area contributed by atoms with Crippen LogP contribution in [0.1, 0.15) is 34.5 Å². The summed E-state index contributed by atoms with van der Waals surface area (Å²) in [7, 11) is 1.55. The second-order valence-electron chi connectivity index (χ2n) is 8.97. The molecule has 3 N–H and O–H groups in total. The molecular formula is C24H25N5O5. The molecule has 3 aromatic rings. The highest BCUT2D eigenvalue weighted by atomic mass is 16.5. The molecule has 176 valence electrons. The molecule has 34 heavy (non-hydrogen) atoms. The van der Waals surface area contributed by atoms with Gasteiger partial charge >= 0.3 is 0 Å². The fraction of sp³-hybridized carbons (Fsp3) is 0.375. The van der Waals surface area contributed by atoms with E-state index in [1.807, 2.05) is 18.2 Å². The zero-order chi connectivity index (χ0) is 23.4. The van der Waals surface area contributed by atoms with E-state index in [2.05, 4.69) is 15.5 Å². The first kappa shape index (κ1) is 20.9. The maximum Gasteiger partial charge on any atom is 0.254 e. The highest BCUT2D eigenvalue weighted by Gasteiger charge is 2.52. The predicted molar refractivity (Wildman–Crippen MR) is 122 cm³/mol. The lowest BCUT2D eigenvalue weighted by molar-refractivity contribution is -0.125. The molecule has 1 aromatic carbocycles. The molecule has 0 saturated carbocycles. The Kier molecular flexibility index (Phi) is 4.75. The molecule has 10 nitrogen and oxygen atoms in total. The summed E-state index contributed by atoms with van der Waals surface area (Å²) in [6, 6.07) is 10.8. The standard InChI is InChI=1S/C24H25N5O5/c1-33-15-5-4-14-12-29(21(30)16(14)10-15)13-24(22(31)26-23(32)27-24)19-11-17-18(34-19)6-7-20(25-17)28-8-2-3-9-28/h4-7,10-11,23,27,32H,2-3,8-9,12-13H2,1H3,(H,26,31). The molecule has 3 aliphatic heterocycles. The van der Waals surface area contributed by atoms with Crippen LogP contribution in [0.5, 0.6) is 5.75 Å². The van der Waals surface area contributed by atoms with Crippen LogP contribution >= 0.6 is 0 Å². The van der Waals surface area contributed by atoms with Crippen molar-refractivity contribution in [2.24, 2.45) is 0 Å². The van der Waals surface area contributed by atoms with Gasteiger partial charge < -0.3 is 29.4 Å². The van der Waals surface area contributed by atoms with E-state index < -0.39 is 17.8 Å². The van der Waals surface area contributed by atoms with Gasteiger partial charge in [-0.05, 0) is 42.7 Å². The minimum absolute atomic E-state index is 0.0233. The van der Waals surface area contributed by atoms with Gasteiger partial charge in [-0.25, -0.2) is 4.98 Å². The van der Waals surface area contributed by atoms with Crippen LogP contribution in [-0.2, 0) is 16.9 Å². The first-order chi connectivity index (χ1) is 16.5. The van der Waals surface area contributed by atoms with Gasteiger partial charge in [0.25, 0.3) is 11.8 Å². The van der Waals surface area contributed by atoms with E-state index in [4.69, 9.17) is 14.1 Å². The first-order valence-electron chi connectivity index (χ1n) is 11.4. The number of pyridine rings is 1. The molecular weight excluding hydrogens is 438 g/mol. The summed E-state index contributed by atoms with van der Waals surface area (Å²) in [6.07, 6.45) is 1.01. The number of ether oxygens (including phenoxy) is 1. The number of rotatable bonds is 5. The number of aliphatic hydroxyl groups is 1. The molecule has 2 aromatic heterocycles. The van der Waals surface area contributed by atoms with Crippen molar-refractivity contribution in [3.05, 3.63) is 53.3 Å². The molecule has 2 unspecified atom stereocenters. The van der Waals surface area contributed by atoms with Crippen molar-refractivity contribution >= 4 is 28.7 Å². The van der Waals surface area contributed by atoms with Crippen molar-refractivity contribution in [2.45, 2.75) is 31.3 Å². The van der Waals surface area contributed by atoms with E-state index in [9.17, 15) is 14.7 Å². The summed E-state index contributed by atoms with van der Waals surface area (Å²) in [5, 5.41) is 15.6. The number of anilines is 1. The second-order valence-corrected chi connectivity index (χ2v) is 8.97. The van der Waals surface area contributed by atoms with Gasteiger partial charge in [0.1, 0.15) is 22.8 Å². The van der Waals surface area contributed by atoms with Crippen LogP contribution in [-0.4, -0.2) is 59.9 Å². The molecule has 2 atom stereocenters. The van der Waals surface area contributed by atoms with E-state index in [0.29, 0.717) is 34.7 Å². The van der Waals surface area contributed by atoms with Crippen molar-refractivity contribution in [3.8, 4) is 5.75 Å². The predicted octanol–water partition coefficient (Wildman–Crippen LogP) is 1.28. The van der Waals surface area contributed by atoms with Gasteiger partial charge in [-0.15, -0.1) is 0 Å². The molecule has 2 saturated heterocycles. The lowest BCUT2D eigenvalue weighted by atomic mass is 9.95. The second kappa shape index (κ2) is 7.71. The van der Waals surface area contributed by atoms with Crippen LogP contribution in [0.15, 0.2) is 40.8 Å². The first-order valence-corrected chi connectivity index (χ1v) is 11.4. The summed E-state index contributed by atoms with van der Waals surface area (Å²) in [4.78, 5) is 34.9. The number of carbonyl (C=O) groups is 2. The third kappa shape index (κ3) is 3.21. The Morgan fingerprint density at radius 1 is 1.21 bits per heavy atom. The highest BCUT2D eigenvalue weighted by molar-refractivity contribution is 6.00. The quantitative estimate of drug-likeness (QED) is 0.518. The molecule has 0 spiro atoms. The van der Waals surface area contributed by atoms with Crippen molar-refractivity contribution in [2.75, 3.05) is 31.6 Å². The van der Waals surface area contributed by atoms with Crippen LogP contribution < -0.4 is 20.3 Å². The van der Waals surface area contributed by atoms with Crippen LogP contribution in [0.2, 0.25) is 0 Å². The van der Waals surface area contributed by atoms with Crippen molar-refractivity contribution in [1.82, 2.24) is 20.5 Å². The monoisotopic (exact) mass is 463 g/mol. The summed E-state index contributed by atoms with van der Waals surface area (Å²) < 4.78 is 11.3. The Hall–Kier alpha value is -3.63. The zero-order valence-corrected chi connectivity index (χ0v) is 18.7. The summed E-state index contributed by atoms with van der Waals surface area (Å²) in [6.45, 7) is 2.24. The minimum atomic E-state index is -1.46. The molecule has 3 aliphatic rings. The topological polar surface area (TPSA) is 120 Å². The van der Waals surface area contributed by atoms with Gasteiger partial charge in [-0.3, -0.25) is 14.9 Å². The van der Waals surface area contributed by atoms with E-state index in [0.717, 1.165) is 37.3 Å². The molecule has 2 fully saturated rings. The summed E-state index contributed by atoms with van der Waals surface area (Å²) in [5.74, 6) is 1.07. The highest BCUT2D eigenvalue weighted by Crippen LogP contribution is 2.35. The lowest BCUT2D eigenvalue weighted by Crippen LogP contribution is -2.53. The summed E-state index contributed by atoms with van der Waals surface area (Å²) >= 11 is 0. The SMILES string of the molecule is COc1ccc2c(c1)C(=O)N(CC1(c3cc4nc(N5CCCC5)ccc4o3)NC(O)NC1=O)C2. The number of hydrogen-bond donors (Lipinski definition) is 3. The number of furan rings is 1. The molecule has 5 heterocycles. The van der Waals surface area contributed by atoms with Gasteiger partial charge in [0.15, 0.2) is 17.5 Å². The van der Waals surface area contributed by atoms with Gasteiger partial charge in [0.05, 0.1) is 13.7 Å². The van der Waals surface area contributed by atoms with E-state index in [1.54, 1.807) is 30.2 Å².